The molecule has 0 saturated carbocycles. The lowest BCUT2D eigenvalue weighted by Crippen LogP contribution is -2.26. The highest BCUT2D eigenvalue weighted by molar-refractivity contribution is 8.00. The van der Waals surface area contributed by atoms with Gasteiger partial charge in [0.1, 0.15) is 10.5 Å². The van der Waals surface area contributed by atoms with E-state index in [9.17, 15) is 14.0 Å². The number of rotatable bonds is 5. The van der Waals surface area contributed by atoms with Crippen molar-refractivity contribution in [3.8, 4) is 0 Å². The number of anilines is 1. The summed E-state index contributed by atoms with van der Waals surface area (Å²) in [7, 11) is 0. The Labute approximate surface area is 158 Å². The van der Waals surface area contributed by atoms with E-state index in [1.165, 1.54) is 29.2 Å². The molecule has 5 nitrogen and oxygen atoms in total. The topological polar surface area (TPSA) is 64.0 Å². The molecule has 0 spiro atoms. The quantitative estimate of drug-likeness (QED) is 0.527. The van der Waals surface area contributed by atoms with Crippen LogP contribution in [-0.2, 0) is 11.3 Å². The van der Waals surface area contributed by atoms with Crippen LogP contribution in [0.2, 0.25) is 0 Å². The fourth-order valence-electron chi connectivity index (χ4n) is 2.42. The fraction of sp³-hybridized carbons (Fsp3) is 0.278. The highest BCUT2D eigenvalue weighted by Gasteiger charge is 2.19. The van der Waals surface area contributed by atoms with Gasteiger partial charge in [0.25, 0.3) is 5.56 Å². The van der Waals surface area contributed by atoms with Gasteiger partial charge in [-0.15, -0.1) is 11.3 Å². The van der Waals surface area contributed by atoms with E-state index in [2.05, 4.69) is 10.3 Å². The maximum Gasteiger partial charge on any atom is 0.272 e. The van der Waals surface area contributed by atoms with Crippen molar-refractivity contribution in [1.82, 2.24) is 9.55 Å². The minimum absolute atomic E-state index is 0.0942. The van der Waals surface area contributed by atoms with Crippen molar-refractivity contribution in [3.05, 3.63) is 51.4 Å². The lowest BCUT2D eigenvalue weighted by molar-refractivity contribution is -0.115. The first-order valence-electron chi connectivity index (χ1n) is 8.12. The number of carbonyl (C=O) groups excluding carboxylic acids is 1. The second-order valence-corrected chi connectivity index (χ2v) is 8.02. The molecule has 3 aromatic rings. The summed E-state index contributed by atoms with van der Waals surface area (Å²) in [6, 6.07) is 6.36. The smallest absolute Gasteiger partial charge is 0.272 e. The first-order chi connectivity index (χ1) is 12.4. The summed E-state index contributed by atoms with van der Waals surface area (Å²) < 4.78 is 15.8. The first kappa shape index (κ1) is 18.6. The van der Waals surface area contributed by atoms with Gasteiger partial charge in [-0.05, 0) is 49.9 Å². The molecule has 1 amide bonds. The summed E-state index contributed by atoms with van der Waals surface area (Å²) in [5.74, 6) is -0.645. The van der Waals surface area contributed by atoms with Gasteiger partial charge in [-0.1, -0.05) is 17.8 Å². The van der Waals surface area contributed by atoms with Crippen LogP contribution < -0.4 is 10.9 Å². The Hall–Kier alpha value is -2.19. The number of aromatic nitrogens is 2. The molecule has 1 unspecified atom stereocenters. The van der Waals surface area contributed by atoms with Gasteiger partial charge in [-0.2, -0.15) is 0 Å². The van der Waals surface area contributed by atoms with Crippen molar-refractivity contribution >= 4 is 44.9 Å². The Morgan fingerprint density at radius 3 is 2.88 bits per heavy atom. The summed E-state index contributed by atoms with van der Waals surface area (Å²) in [5.41, 5.74) is 1.47. The molecule has 0 fully saturated rings. The van der Waals surface area contributed by atoms with E-state index < -0.39 is 5.25 Å². The minimum atomic E-state index is -0.500. The van der Waals surface area contributed by atoms with Crippen LogP contribution in [0.1, 0.15) is 19.4 Å². The Balaban J connectivity index is 1.81. The van der Waals surface area contributed by atoms with Gasteiger partial charge in [0, 0.05) is 12.2 Å². The van der Waals surface area contributed by atoms with Crippen LogP contribution >= 0.6 is 23.1 Å². The molecular weight excluding hydrogens is 373 g/mol. The van der Waals surface area contributed by atoms with Crippen molar-refractivity contribution in [2.24, 2.45) is 0 Å². The number of nitrogens with one attached hydrogen (secondary N) is 1. The van der Waals surface area contributed by atoms with Crippen LogP contribution in [-0.4, -0.2) is 20.7 Å². The number of halogens is 1. The number of thioether (sulfide) groups is 1. The van der Waals surface area contributed by atoms with Crippen LogP contribution in [0.5, 0.6) is 0 Å². The van der Waals surface area contributed by atoms with Crippen molar-refractivity contribution in [1.29, 1.82) is 0 Å². The number of carbonyl (C=O) groups is 1. The molecular formula is C18H18FN3O2S2. The molecule has 0 aliphatic rings. The third-order valence-electron chi connectivity index (χ3n) is 3.94. The molecule has 0 bridgehead atoms. The van der Waals surface area contributed by atoms with E-state index in [1.807, 2.05) is 12.3 Å². The first-order valence-corrected chi connectivity index (χ1v) is 9.88. The van der Waals surface area contributed by atoms with Crippen molar-refractivity contribution < 1.29 is 9.18 Å². The largest absolute Gasteiger partial charge is 0.325 e. The number of benzene rings is 1. The zero-order valence-corrected chi connectivity index (χ0v) is 16.2. The molecule has 1 atom stereocenters. The second-order valence-electron chi connectivity index (χ2n) is 5.79. The van der Waals surface area contributed by atoms with Gasteiger partial charge in [0.05, 0.1) is 10.8 Å². The average molecular weight is 391 g/mol. The molecule has 0 aliphatic heterocycles. The molecule has 136 valence electrons. The zero-order valence-electron chi connectivity index (χ0n) is 14.6. The Morgan fingerprint density at radius 2 is 2.19 bits per heavy atom. The predicted octanol–water partition coefficient (Wildman–Crippen LogP) is 4.04. The van der Waals surface area contributed by atoms with Gasteiger partial charge in [-0.3, -0.25) is 14.2 Å². The van der Waals surface area contributed by atoms with Crippen molar-refractivity contribution in [2.45, 2.75) is 37.7 Å². The standard InChI is InChI=1S/C18H18FN3O2S2/c1-4-22-17(24)15-14(7-8-25-15)21-18(22)26-11(3)16(23)20-12-6-5-10(2)13(19)9-12/h5-9,11H,4H2,1-3H3,(H,20,23). The van der Waals surface area contributed by atoms with E-state index >= 15 is 0 Å². The molecule has 3 rings (SSSR count). The number of nitrogens with zero attached hydrogens (tertiary/aromatic N) is 2. The molecule has 2 aromatic heterocycles. The normalized spacial score (nSPS) is 12.3. The molecule has 1 aromatic carbocycles. The Morgan fingerprint density at radius 1 is 1.42 bits per heavy atom. The van der Waals surface area contributed by atoms with E-state index in [4.69, 9.17) is 0 Å². The molecule has 0 radical (unpaired) electrons. The SMILES string of the molecule is CCn1c(SC(C)C(=O)Nc2ccc(C)c(F)c2)nc2ccsc2c1=O. The van der Waals surface area contributed by atoms with E-state index in [-0.39, 0.29) is 17.3 Å². The molecule has 1 N–H and O–H groups in total. The van der Waals surface area contributed by atoms with Gasteiger partial charge in [0.15, 0.2) is 5.16 Å². The molecule has 0 saturated heterocycles. The predicted molar refractivity (Wildman–Crippen MR) is 105 cm³/mol. The number of hydrogen-bond donors (Lipinski definition) is 1. The maximum absolute atomic E-state index is 13.6. The Bertz CT molecular complexity index is 1030. The third kappa shape index (κ3) is 3.66. The van der Waals surface area contributed by atoms with E-state index in [0.29, 0.717) is 33.2 Å². The van der Waals surface area contributed by atoms with Crippen LogP contribution in [0.25, 0.3) is 10.2 Å². The Kier molecular flexibility index (Phi) is 5.43. The lowest BCUT2D eigenvalue weighted by Gasteiger charge is -2.15. The maximum atomic E-state index is 13.6. The van der Waals surface area contributed by atoms with Crippen LogP contribution in [0.15, 0.2) is 39.6 Å². The summed E-state index contributed by atoms with van der Waals surface area (Å²) >= 11 is 2.57. The zero-order chi connectivity index (χ0) is 18.8. The second kappa shape index (κ2) is 7.59. The molecule has 26 heavy (non-hydrogen) atoms. The molecule has 2 heterocycles. The average Bonchev–Trinajstić information content (AvgIpc) is 3.07. The van der Waals surface area contributed by atoms with Gasteiger partial charge < -0.3 is 5.32 Å². The monoisotopic (exact) mass is 391 g/mol. The summed E-state index contributed by atoms with van der Waals surface area (Å²) in [6.45, 7) is 5.73. The number of thiophene rings is 1. The third-order valence-corrected chi connectivity index (χ3v) is 5.92. The van der Waals surface area contributed by atoms with E-state index in [1.54, 1.807) is 36.6 Å². The highest BCUT2D eigenvalue weighted by atomic mass is 32.2. The number of fused-ring (bicyclic) bond motifs is 1. The van der Waals surface area contributed by atoms with Crippen LogP contribution in [0.3, 0.4) is 0 Å². The molecule has 0 aliphatic carbocycles. The summed E-state index contributed by atoms with van der Waals surface area (Å²) in [4.78, 5) is 29.5. The summed E-state index contributed by atoms with van der Waals surface area (Å²) in [5, 5.41) is 4.53. The number of hydrogen-bond acceptors (Lipinski definition) is 5. The lowest BCUT2D eigenvalue weighted by atomic mass is 10.2. The number of amides is 1. The highest BCUT2D eigenvalue weighted by Crippen LogP contribution is 2.25. The minimum Gasteiger partial charge on any atom is -0.325 e. The van der Waals surface area contributed by atoms with Crippen molar-refractivity contribution in [3.63, 3.8) is 0 Å². The molecule has 8 heteroatoms. The van der Waals surface area contributed by atoms with Crippen molar-refractivity contribution in [2.75, 3.05) is 5.32 Å². The van der Waals surface area contributed by atoms with Gasteiger partial charge >= 0.3 is 0 Å². The van der Waals surface area contributed by atoms with Crippen LogP contribution in [0.4, 0.5) is 10.1 Å². The number of aryl methyl sites for hydroxylation is 1. The van der Waals surface area contributed by atoms with Gasteiger partial charge in [0.2, 0.25) is 5.91 Å². The van der Waals surface area contributed by atoms with E-state index in [0.717, 1.165) is 0 Å². The van der Waals surface area contributed by atoms with Crippen LogP contribution in [0, 0.1) is 12.7 Å². The fourth-order valence-corrected chi connectivity index (χ4v) is 4.17. The summed E-state index contributed by atoms with van der Waals surface area (Å²) in [6.07, 6.45) is 0. The van der Waals surface area contributed by atoms with Gasteiger partial charge in [-0.25, -0.2) is 9.37 Å².